The van der Waals surface area contributed by atoms with Gasteiger partial charge in [-0.15, -0.1) is 0 Å². The molecule has 0 radical (unpaired) electrons. The molecule has 0 atom stereocenters. The van der Waals surface area contributed by atoms with Crippen molar-refractivity contribution in [3.05, 3.63) is 97.6 Å². The average Bonchev–Trinajstić information content (AvgIpc) is 2.69. The molecule has 0 aliphatic carbocycles. The smallest absolute Gasteiger partial charge is 0.269 e. The Hall–Kier alpha value is -2.94. The van der Waals surface area contributed by atoms with Crippen molar-refractivity contribution in [1.82, 2.24) is 0 Å². The second-order valence-corrected chi connectivity index (χ2v) is 6.90. The van der Waals surface area contributed by atoms with E-state index in [9.17, 15) is 10.1 Å². The van der Waals surface area contributed by atoms with E-state index in [-0.39, 0.29) is 5.69 Å². The normalized spacial score (nSPS) is 10.7. The van der Waals surface area contributed by atoms with Crippen LogP contribution in [0.15, 0.2) is 77.9 Å². The van der Waals surface area contributed by atoms with E-state index >= 15 is 0 Å². The van der Waals surface area contributed by atoms with E-state index in [2.05, 4.69) is 45.3 Å². The number of anilines is 1. The third-order valence-electron chi connectivity index (χ3n) is 3.68. The van der Waals surface area contributed by atoms with E-state index in [1.165, 1.54) is 15.7 Å². The van der Waals surface area contributed by atoms with Gasteiger partial charge in [0.25, 0.3) is 5.69 Å². The van der Waals surface area contributed by atoms with Crippen LogP contribution < -0.4 is 10.2 Å². The van der Waals surface area contributed by atoms with Crippen molar-refractivity contribution in [1.29, 1.82) is 0 Å². The fourth-order valence-corrected chi connectivity index (χ4v) is 2.60. The SMILES string of the molecule is O=[N+]([O-])c1ccc(N/N=C\c2ccc(OCc3ccc(I)cc3)cc2)cc1. The number of rotatable bonds is 7. The quantitative estimate of drug-likeness (QED) is 0.221. The van der Waals surface area contributed by atoms with Crippen LogP contribution in [0.3, 0.4) is 0 Å². The first-order valence-electron chi connectivity index (χ1n) is 8.11. The largest absolute Gasteiger partial charge is 0.489 e. The minimum Gasteiger partial charge on any atom is -0.489 e. The van der Waals surface area contributed by atoms with Crippen LogP contribution in [-0.4, -0.2) is 11.1 Å². The van der Waals surface area contributed by atoms with Crippen LogP contribution in [0.5, 0.6) is 5.75 Å². The molecule has 136 valence electrons. The molecule has 0 spiro atoms. The summed E-state index contributed by atoms with van der Waals surface area (Å²) in [5.41, 5.74) is 5.59. The zero-order valence-electron chi connectivity index (χ0n) is 14.2. The van der Waals surface area contributed by atoms with Crippen LogP contribution in [0.2, 0.25) is 0 Å². The summed E-state index contributed by atoms with van der Waals surface area (Å²) in [7, 11) is 0. The number of nitrogens with zero attached hydrogens (tertiary/aromatic N) is 2. The highest BCUT2D eigenvalue weighted by molar-refractivity contribution is 14.1. The van der Waals surface area contributed by atoms with Crippen molar-refractivity contribution in [3.8, 4) is 5.75 Å². The highest BCUT2D eigenvalue weighted by atomic mass is 127. The summed E-state index contributed by atoms with van der Waals surface area (Å²) in [5.74, 6) is 0.786. The van der Waals surface area contributed by atoms with Gasteiger partial charge in [-0.25, -0.2) is 0 Å². The highest BCUT2D eigenvalue weighted by Crippen LogP contribution is 2.16. The number of hydrogen-bond donors (Lipinski definition) is 1. The number of nitrogens with one attached hydrogen (secondary N) is 1. The van der Waals surface area contributed by atoms with Crippen molar-refractivity contribution in [2.45, 2.75) is 6.61 Å². The summed E-state index contributed by atoms with van der Waals surface area (Å²) in [5, 5.41) is 14.8. The Morgan fingerprint density at radius 3 is 2.30 bits per heavy atom. The monoisotopic (exact) mass is 473 g/mol. The first-order valence-corrected chi connectivity index (χ1v) is 9.19. The van der Waals surface area contributed by atoms with Gasteiger partial charge in [-0.3, -0.25) is 15.5 Å². The molecule has 6 nitrogen and oxygen atoms in total. The van der Waals surface area contributed by atoms with Gasteiger partial charge in [0, 0.05) is 15.7 Å². The number of benzene rings is 3. The van der Waals surface area contributed by atoms with E-state index in [1.807, 2.05) is 36.4 Å². The molecular weight excluding hydrogens is 457 g/mol. The molecule has 7 heteroatoms. The fourth-order valence-electron chi connectivity index (χ4n) is 2.24. The maximum absolute atomic E-state index is 10.6. The first kappa shape index (κ1) is 18.8. The molecular formula is C20H16IN3O3. The molecule has 3 aromatic rings. The van der Waals surface area contributed by atoms with Gasteiger partial charge in [0.15, 0.2) is 0 Å². The zero-order valence-corrected chi connectivity index (χ0v) is 16.4. The maximum Gasteiger partial charge on any atom is 0.269 e. The minimum absolute atomic E-state index is 0.0466. The molecule has 0 aromatic heterocycles. The van der Waals surface area contributed by atoms with Crippen LogP contribution in [0.25, 0.3) is 0 Å². The number of halogens is 1. The predicted octanol–water partition coefficient (Wildman–Crippen LogP) is 5.22. The topological polar surface area (TPSA) is 76.8 Å². The van der Waals surface area contributed by atoms with Crippen molar-refractivity contribution in [3.63, 3.8) is 0 Å². The third-order valence-corrected chi connectivity index (χ3v) is 4.40. The summed E-state index contributed by atoms with van der Waals surface area (Å²) in [4.78, 5) is 10.2. The van der Waals surface area contributed by atoms with Gasteiger partial charge in [0.05, 0.1) is 16.8 Å². The van der Waals surface area contributed by atoms with Gasteiger partial charge in [0.1, 0.15) is 12.4 Å². The molecule has 0 saturated heterocycles. The number of nitro benzene ring substituents is 1. The summed E-state index contributed by atoms with van der Waals surface area (Å²) in [6.45, 7) is 0.520. The highest BCUT2D eigenvalue weighted by Gasteiger charge is 2.03. The second-order valence-electron chi connectivity index (χ2n) is 5.66. The molecule has 0 bridgehead atoms. The lowest BCUT2D eigenvalue weighted by atomic mass is 10.2. The lowest BCUT2D eigenvalue weighted by Gasteiger charge is -2.06. The van der Waals surface area contributed by atoms with Crippen molar-refractivity contribution < 1.29 is 9.66 Å². The molecule has 3 aromatic carbocycles. The van der Waals surface area contributed by atoms with E-state index in [4.69, 9.17) is 4.74 Å². The Bertz CT molecular complexity index is 924. The van der Waals surface area contributed by atoms with E-state index in [0.717, 1.165) is 16.9 Å². The van der Waals surface area contributed by atoms with E-state index < -0.39 is 4.92 Å². The third kappa shape index (κ3) is 5.78. The van der Waals surface area contributed by atoms with Gasteiger partial charge < -0.3 is 4.74 Å². The average molecular weight is 473 g/mol. The lowest BCUT2D eigenvalue weighted by molar-refractivity contribution is -0.384. The number of hydrogen-bond acceptors (Lipinski definition) is 5. The molecule has 0 aliphatic heterocycles. The molecule has 0 amide bonds. The molecule has 0 fully saturated rings. The van der Waals surface area contributed by atoms with Crippen molar-refractivity contribution in [2.75, 3.05) is 5.43 Å². The molecule has 1 N–H and O–H groups in total. The minimum atomic E-state index is -0.435. The van der Waals surface area contributed by atoms with Crippen LogP contribution in [0.1, 0.15) is 11.1 Å². The molecule has 0 saturated carbocycles. The summed E-state index contributed by atoms with van der Waals surface area (Å²) >= 11 is 2.27. The summed E-state index contributed by atoms with van der Waals surface area (Å²) in [6.07, 6.45) is 1.67. The number of hydrazone groups is 1. The zero-order chi connectivity index (χ0) is 19.1. The maximum atomic E-state index is 10.6. The van der Waals surface area contributed by atoms with Gasteiger partial charge in [-0.05, 0) is 82.2 Å². The van der Waals surface area contributed by atoms with Crippen molar-refractivity contribution >= 4 is 40.2 Å². The Kier molecular flexibility index (Phi) is 6.37. The number of nitro groups is 1. The fraction of sp³-hybridized carbons (Fsp3) is 0.0500. The van der Waals surface area contributed by atoms with Crippen molar-refractivity contribution in [2.24, 2.45) is 5.10 Å². The molecule has 3 rings (SSSR count). The Balaban J connectivity index is 1.51. The number of ether oxygens (including phenoxy) is 1. The Morgan fingerprint density at radius 2 is 1.67 bits per heavy atom. The van der Waals surface area contributed by atoms with Crippen LogP contribution >= 0.6 is 22.6 Å². The summed E-state index contributed by atoms with van der Waals surface area (Å²) < 4.78 is 6.97. The molecule has 0 aliphatic rings. The van der Waals surface area contributed by atoms with Gasteiger partial charge in [-0.2, -0.15) is 5.10 Å². The Morgan fingerprint density at radius 1 is 1.00 bits per heavy atom. The van der Waals surface area contributed by atoms with Crippen LogP contribution in [0, 0.1) is 13.7 Å². The molecule has 0 heterocycles. The molecule has 27 heavy (non-hydrogen) atoms. The van der Waals surface area contributed by atoms with Gasteiger partial charge >= 0.3 is 0 Å². The second kappa shape index (κ2) is 9.13. The summed E-state index contributed by atoms with van der Waals surface area (Å²) in [6, 6.07) is 21.9. The lowest BCUT2D eigenvalue weighted by Crippen LogP contribution is -1.96. The standard InChI is InChI=1S/C20H16IN3O3/c21-17-5-1-16(2-6-17)14-27-20-11-3-15(4-12-20)13-22-23-18-7-9-19(10-8-18)24(25)26/h1-13,23H,14H2/b22-13-. The number of non-ortho nitro benzene ring substituents is 1. The van der Waals surface area contributed by atoms with Crippen LogP contribution in [-0.2, 0) is 6.61 Å². The Labute approximate surface area is 170 Å². The molecule has 0 unspecified atom stereocenters. The van der Waals surface area contributed by atoms with Gasteiger partial charge in [-0.1, -0.05) is 12.1 Å². The van der Waals surface area contributed by atoms with E-state index in [1.54, 1.807) is 18.3 Å². The first-order chi connectivity index (χ1) is 13.1. The predicted molar refractivity (Wildman–Crippen MR) is 114 cm³/mol. The van der Waals surface area contributed by atoms with E-state index in [0.29, 0.717) is 12.3 Å². The van der Waals surface area contributed by atoms with Crippen LogP contribution in [0.4, 0.5) is 11.4 Å². The van der Waals surface area contributed by atoms with Gasteiger partial charge in [0.2, 0.25) is 0 Å².